The maximum absolute atomic E-state index is 10.5. The first-order chi connectivity index (χ1) is 6.70. The van der Waals surface area contributed by atoms with E-state index in [1.165, 1.54) is 0 Å². The van der Waals surface area contributed by atoms with Gasteiger partial charge in [-0.05, 0) is 40.5 Å². The van der Waals surface area contributed by atoms with Crippen LogP contribution in [0.3, 0.4) is 0 Å². The van der Waals surface area contributed by atoms with E-state index in [9.17, 15) is 4.79 Å². The minimum atomic E-state index is -0.788. The summed E-state index contributed by atoms with van der Waals surface area (Å²) in [4.78, 5) is 10.5. The lowest BCUT2D eigenvalue weighted by Crippen LogP contribution is -2.61. The molecule has 0 aromatic rings. The van der Waals surface area contributed by atoms with Crippen LogP contribution in [-0.4, -0.2) is 34.7 Å². The van der Waals surface area contributed by atoms with E-state index >= 15 is 0 Å². The molecule has 0 aliphatic carbocycles. The second-order valence-corrected chi connectivity index (χ2v) is 5.77. The van der Waals surface area contributed by atoms with Crippen LogP contribution < -0.4 is 10.6 Å². The number of piperidine rings is 1. The Morgan fingerprint density at radius 2 is 1.80 bits per heavy atom. The van der Waals surface area contributed by atoms with E-state index < -0.39 is 5.97 Å². The van der Waals surface area contributed by atoms with E-state index in [0.29, 0.717) is 0 Å². The molecule has 0 atom stereocenters. The minimum Gasteiger partial charge on any atom is -0.480 e. The molecule has 0 aromatic carbocycles. The van der Waals surface area contributed by atoms with Crippen LogP contribution in [0, 0.1) is 0 Å². The molecule has 1 rings (SSSR count). The highest BCUT2D eigenvalue weighted by molar-refractivity contribution is 5.69. The lowest BCUT2D eigenvalue weighted by atomic mass is 9.79. The van der Waals surface area contributed by atoms with Crippen molar-refractivity contribution in [2.45, 2.75) is 57.7 Å². The summed E-state index contributed by atoms with van der Waals surface area (Å²) in [5.41, 5.74) is 0.135. The van der Waals surface area contributed by atoms with Crippen molar-refractivity contribution in [1.82, 2.24) is 10.6 Å². The first-order valence-corrected chi connectivity index (χ1v) is 5.45. The third-order valence-electron chi connectivity index (χ3n) is 2.73. The number of rotatable bonds is 3. The fourth-order valence-corrected chi connectivity index (χ4v) is 2.70. The number of carbonyl (C=O) groups is 1. The van der Waals surface area contributed by atoms with Crippen molar-refractivity contribution >= 4 is 5.97 Å². The molecule has 0 bridgehead atoms. The van der Waals surface area contributed by atoms with Crippen molar-refractivity contribution in [1.29, 1.82) is 0 Å². The van der Waals surface area contributed by atoms with Gasteiger partial charge in [0.05, 0.1) is 6.54 Å². The predicted octanol–water partition coefficient (Wildman–Crippen LogP) is 0.970. The molecule has 1 fully saturated rings. The second kappa shape index (κ2) is 4.10. The Kier molecular flexibility index (Phi) is 3.41. The molecule has 0 unspecified atom stereocenters. The standard InChI is InChI=1S/C11H22N2O2/c1-10(2)5-8(12-7-9(14)15)6-11(3,4)13-10/h8,12-13H,5-7H2,1-4H3,(H,14,15). The van der Waals surface area contributed by atoms with Gasteiger partial charge in [0, 0.05) is 17.1 Å². The van der Waals surface area contributed by atoms with Crippen molar-refractivity contribution < 1.29 is 9.90 Å². The number of aliphatic carboxylic acids is 1. The molecule has 1 aliphatic rings. The van der Waals surface area contributed by atoms with Crippen molar-refractivity contribution in [3.05, 3.63) is 0 Å². The molecular formula is C11H22N2O2. The fraction of sp³-hybridized carbons (Fsp3) is 0.909. The van der Waals surface area contributed by atoms with Gasteiger partial charge in [-0.3, -0.25) is 4.79 Å². The van der Waals surface area contributed by atoms with Crippen LogP contribution in [0.15, 0.2) is 0 Å². The molecule has 0 aromatic heterocycles. The summed E-state index contributed by atoms with van der Waals surface area (Å²) in [6.07, 6.45) is 1.92. The van der Waals surface area contributed by atoms with Crippen LogP contribution >= 0.6 is 0 Å². The van der Waals surface area contributed by atoms with Crippen LogP contribution in [0.2, 0.25) is 0 Å². The third kappa shape index (κ3) is 4.18. The van der Waals surface area contributed by atoms with Crippen molar-refractivity contribution in [2.24, 2.45) is 0 Å². The molecule has 4 nitrogen and oxygen atoms in total. The number of nitrogens with one attached hydrogen (secondary N) is 2. The van der Waals surface area contributed by atoms with E-state index in [4.69, 9.17) is 5.11 Å². The van der Waals surface area contributed by atoms with Crippen molar-refractivity contribution in [3.63, 3.8) is 0 Å². The Labute approximate surface area is 91.4 Å². The monoisotopic (exact) mass is 214 g/mol. The largest absolute Gasteiger partial charge is 0.480 e. The van der Waals surface area contributed by atoms with Crippen molar-refractivity contribution in [3.8, 4) is 0 Å². The summed E-state index contributed by atoms with van der Waals surface area (Å²) < 4.78 is 0. The van der Waals surface area contributed by atoms with Gasteiger partial charge in [0.15, 0.2) is 0 Å². The second-order valence-electron chi connectivity index (χ2n) is 5.77. The van der Waals surface area contributed by atoms with Gasteiger partial charge in [-0.15, -0.1) is 0 Å². The summed E-state index contributed by atoms with van der Waals surface area (Å²) in [5, 5.41) is 15.3. The summed E-state index contributed by atoms with van der Waals surface area (Å²) in [7, 11) is 0. The Bertz CT molecular complexity index is 233. The van der Waals surface area contributed by atoms with Gasteiger partial charge >= 0.3 is 5.97 Å². The Morgan fingerprint density at radius 3 is 2.20 bits per heavy atom. The molecule has 3 N–H and O–H groups in total. The smallest absolute Gasteiger partial charge is 0.317 e. The molecule has 1 saturated heterocycles. The van der Waals surface area contributed by atoms with Crippen molar-refractivity contribution in [2.75, 3.05) is 6.54 Å². The highest BCUT2D eigenvalue weighted by atomic mass is 16.4. The van der Waals surface area contributed by atoms with Crippen LogP contribution in [0.5, 0.6) is 0 Å². The topological polar surface area (TPSA) is 61.4 Å². The zero-order chi connectivity index (χ0) is 11.7. The maximum atomic E-state index is 10.5. The molecule has 4 heteroatoms. The quantitative estimate of drug-likeness (QED) is 0.655. The number of hydrogen-bond acceptors (Lipinski definition) is 3. The highest BCUT2D eigenvalue weighted by Gasteiger charge is 2.37. The first kappa shape index (κ1) is 12.5. The van der Waals surface area contributed by atoms with E-state index in [1.54, 1.807) is 0 Å². The van der Waals surface area contributed by atoms with E-state index in [0.717, 1.165) is 12.8 Å². The zero-order valence-electron chi connectivity index (χ0n) is 10.1. The van der Waals surface area contributed by atoms with Gasteiger partial charge in [-0.25, -0.2) is 0 Å². The van der Waals surface area contributed by atoms with Crippen LogP contribution in [0.25, 0.3) is 0 Å². The normalized spacial score (nSPS) is 25.1. The molecule has 0 radical (unpaired) electrons. The highest BCUT2D eigenvalue weighted by Crippen LogP contribution is 2.28. The van der Waals surface area contributed by atoms with Gasteiger partial charge in [0.25, 0.3) is 0 Å². The van der Waals surface area contributed by atoms with Crippen LogP contribution in [0.1, 0.15) is 40.5 Å². The van der Waals surface area contributed by atoms with Crippen LogP contribution in [0.4, 0.5) is 0 Å². The summed E-state index contributed by atoms with van der Waals surface area (Å²) in [6, 6.07) is 0.285. The molecule has 0 saturated carbocycles. The maximum Gasteiger partial charge on any atom is 0.317 e. The lowest BCUT2D eigenvalue weighted by molar-refractivity contribution is -0.136. The van der Waals surface area contributed by atoms with Gasteiger partial charge < -0.3 is 15.7 Å². The summed E-state index contributed by atoms with van der Waals surface area (Å²) in [6.45, 7) is 8.68. The summed E-state index contributed by atoms with van der Waals surface area (Å²) in [5.74, 6) is -0.788. The average molecular weight is 214 g/mol. The molecule has 0 spiro atoms. The molecular weight excluding hydrogens is 192 g/mol. The fourth-order valence-electron chi connectivity index (χ4n) is 2.70. The van der Waals surface area contributed by atoms with E-state index in [1.807, 2.05) is 0 Å². The SMILES string of the molecule is CC1(C)CC(NCC(=O)O)CC(C)(C)N1. The number of carboxylic acid groups (broad SMARTS) is 1. The Balaban J connectivity index is 2.55. The average Bonchev–Trinajstić information content (AvgIpc) is 1.94. The molecule has 88 valence electrons. The summed E-state index contributed by atoms with van der Waals surface area (Å²) >= 11 is 0. The van der Waals surface area contributed by atoms with Gasteiger partial charge in [0.1, 0.15) is 0 Å². The molecule has 0 amide bonds. The van der Waals surface area contributed by atoms with E-state index in [-0.39, 0.29) is 23.7 Å². The number of hydrogen-bond donors (Lipinski definition) is 3. The molecule has 1 heterocycles. The Hall–Kier alpha value is -0.610. The molecule has 15 heavy (non-hydrogen) atoms. The Morgan fingerprint density at radius 1 is 1.33 bits per heavy atom. The van der Waals surface area contributed by atoms with Gasteiger partial charge in [0.2, 0.25) is 0 Å². The molecule has 1 aliphatic heterocycles. The van der Waals surface area contributed by atoms with E-state index in [2.05, 4.69) is 38.3 Å². The zero-order valence-corrected chi connectivity index (χ0v) is 10.1. The minimum absolute atomic E-state index is 0.0524. The first-order valence-electron chi connectivity index (χ1n) is 5.45. The third-order valence-corrected chi connectivity index (χ3v) is 2.73. The lowest BCUT2D eigenvalue weighted by Gasteiger charge is -2.46. The number of carboxylic acids is 1. The van der Waals surface area contributed by atoms with Gasteiger partial charge in [-0.1, -0.05) is 0 Å². The predicted molar refractivity (Wildman–Crippen MR) is 60.0 cm³/mol. The van der Waals surface area contributed by atoms with Gasteiger partial charge in [-0.2, -0.15) is 0 Å². The van der Waals surface area contributed by atoms with Crippen LogP contribution in [-0.2, 0) is 4.79 Å².